The number of nitrogens with one attached hydrogen (secondary N) is 1. The van der Waals surface area contributed by atoms with Gasteiger partial charge >= 0.3 is 0 Å². The molecule has 0 spiro atoms. The van der Waals surface area contributed by atoms with Crippen LogP contribution < -0.4 is 5.32 Å². The van der Waals surface area contributed by atoms with Crippen LogP contribution in [0.5, 0.6) is 0 Å². The number of rotatable bonds is 1. The van der Waals surface area contributed by atoms with Crippen molar-refractivity contribution in [3.63, 3.8) is 0 Å². The molecule has 0 amide bonds. The highest BCUT2D eigenvalue weighted by atomic mass is 35.5. The van der Waals surface area contributed by atoms with Crippen molar-refractivity contribution in [2.75, 3.05) is 12.4 Å². The molecule has 1 nitrogen and oxygen atoms in total. The summed E-state index contributed by atoms with van der Waals surface area (Å²) in [6, 6.07) is 5.84. The minimum absolute atomic E-state index is 0. The zero-order valence-corrected chi connectivity index (χ0v) is 8.09. The van der Waals surface area contributed by atoms with Crippen molar-refractivity contribution >= 4 is 29.7 Å². The van der Waals surface area contributed by atoms with E-state index in [0.29, 0.717) is 0 Å². The number of halogens is 2. The van der Waals surface area contributed by atoms with Crippen molar-refractivity contribution in [3.8, 4) is 0 Å². The van der Waals surface area contributed by atoms with E-state index in [1.165, 1.54) is 5.56 Å². The lowest BCUT2D eigenvalue weighted by molar-refractivity contribution is 1.41. The van der Waals surface area contributed by atoms with Gasteiger partial charge in [0.15, 0.2) is 0 Å². The van der Waals surface area contributed by atoms with Gasteiger partial charge in [0.2, 0.25) is 0 Å². The molecule has 0 radical (unpaired) electrons. The van der Waals surface area contributed by atoms with Crippen LogP contribution in [0, 0.1) is 6.92 Å². The summed E-state index contributed by atoms with van der Waals surface area (Å²) in [6.07, 6.45) is 0. The fourth-order valence-corrected chi connectivity index (χ4v) is 1.26. The van der Waals surface area contributed by atoms with Gasteiger partial charge in [0.05, 0.1) is 10.7 Å². The van der Waals surface area contributed by atoms with Crippen LogP contribution in [-0.2, 0) is 0 Å². The molecule has 1 rings (SSSR count). The summed E-state index contributed by atoms with van der Waals surface area (Å²) in [4.78, 5) is 0. The molecule has 0 aromatic heterocycles. The third-order valence-electron chi connectivity index (χ3n) is 1.47. The quantitative estimate of drug-likeness (QED) is 0.720. The van der Waals surface area contributed by atoms with Crippen molar-refractivity contribution in [1.82, 2.24) is 0 Å². The largest absolute Gasteiger partial charge is 0.387 e. The SMILES string of the molecule is CNc1c(C)cccc1Cl.Cl. The van der Waals surface area contributed by atoms with E-state index in [4.69, 9.17) is 11.6 Å². The molecule has 0 saturated heterocycles. The van der Waals surface area contributed by atoms with Crippen LogP contribution in [-0.4, -0.2) is 7.05 Å². The summed E-state index contributed by atoms with van der Waals surface area (Å²) in [5.74, 6) is 0. The van der Waals surface area contributed by atoms with Gasteiger partial charge in [-0.1, -0.05) is 23.7 Å². The van der Waals surface area contributed by atoms with Gasteiger partial charge in [-0.15, -0.1) is 12.4 Å². The van der Waals surface area contributed by atoms with Gasteiger partial charge in [0.1, 0.15) is 0 Å². The Morgan fingerprint density at radius 2 is 2.00 bits per heavy atom. The Kier molecular flexibility index (Phi) is 4.31. The highest BCUT2D eigenvalue weighted by Crippen LogP contribution is 2.23. The fourth-order valence-electron chi connectivity index (χ4n) is 0.949. The van der Waals surface area contributed by atoms with Gasteiger partial charge in [-0.25, -0.2) is 0 Å². The van der Waals surface area contributed by atoms with Gasteiger partial charge in [0.25, 0.3) is 0 Å². The van der Waals surface area contributed by atoms with Crippen LogP contribution >= 0.6 is 24.0 Å². The van der Waals surface area contributed by atoms with Gasteiger partial charge in [-0.3, -0.25) is 0 Å². The Labute approximate surface area is 78.2 Å². The monoisotopic (exact) mass is 191 g/mol. The molecule has 1 N–H and O–H groups in total. The Hall–Kier alpha value is -0.400. The topological polar surface area (TPSA) is 12.0 Å². The highest BCUT2D eigenvalue weighted by molar-refractivity contribution is 6.33. The van der Waals surface area contributed by atoms with Crippen LogP contribution in [0.1, 0.15) is 5.56 Å². The maximum absolute atomic E-state index is 5.87. The van der Waals surface area contributed by atoms with Gasteiger partial charge in [-0.05, 0) is 18.6 Å². The van der Waals surface area contributed by atoms with E-state index in [2.05, 4.69) is 5.32 Å². The molecule has 0 aliphatic heterocycles. The van der Waals surface area contributed by atoms with Crippen molar-refractivity contribution in [1.29, 1.82) is 0 Å². The average molecular weight is 192 g/mol. The lowest BCUT2D eigenvalue weighted by Crippen LogP contribution is -1.91. The second kappa shape index (κ2) is 4.47. The highest BCUT2D eigenvalue weighted by Gasteiger charge is 1.98. The number of hydrogen-bond acceptors (Lipinski definition) is 1. The summed E-state index contributed by atoms with van der Waals surface area (Å²) >= 11 is 5.87. The summed E-state index contributed by atoms with van der Waals surface area (Å²) in [5, 5.41) is 3.81. The minimum Gasteiger partial charge on any atom is -0.387 e. The van der Waals surface area contributed by atoms with Crippen molar-refractivity contribution < 1.29 is 0 Å². The molecule has 0 atom stereocenters. The van der Waals surface area contributed by atoms with Gasteiger partial charge in [-0.2, -0.15) is 0 Å². The Morgan fingerprint density at radius 3 is 2.36 bits per heavy atom. The Balaban J connectivity index is 0.000001000. The second-order valence-corrected chi connectivity index (χ2v) is 2.59. The molecule has 0 aliphatic rings. The van der Waals surface area contributed by atoms with E-state index in [1.54, 1.807) is 0 Å². The zero-order chi connectivity index (χ0) is 7.56. The number of benzene rings is 1. The molecule has 62 valence electrons. The Morgan fingerprint density at radius 1 is 1.36 bits per heavy atom. The molecule has 0 aliphatic carbocycles. The van der Waals surface area contributed by atoms with E-state index in [0.717, 1.165) is 10.7 Å². The van der Waals surface area contributed by atoms with E-state index < -0.39 is 0 Å². The average Bonchev–Trinajstić information content (AvgIpc) is 1.88. The van der Waals surface area contributed by atoms with Gasteiger partial charge < -0.3 is 5.32 Å². The van der Waals surface area contributed by atoms with E-state index in [1.807, 2.05) is 32.2 Å². The molecule has 11 heavy (non-hydrogen) atoms. The molecule has 0 bridgehead atoms. The lowest BCUT2D eigenvalue weighted by Gasteiger charge is -2.05. The van der Waals surface area contributed by atoms with Crippen molar-refractivity contribution in [3.05, 3.63) is 28.8 Å². The first-order valence-corrected chi connectivity index (χ1v) is 3.56. The zero-order valence-electron chi connectivity index (χ0n) is 6.52. The van der Waals surface area contributed by atoms with Crippen molar-refractivity contribution in [2.24, 2.45) is 0 Å². The first-order chi connectivity index (χ1) is 4.75. The van der Waals surface area contributed by atoms with E-state index >= 15 is 0 Å². The second-order valence-electron chi connectivity index (χ2n) is 2.18. The maximum Gasteiger partial charge on any atom is 0.0640 e. The molecule has 1 aromatic carbocycles. The third kappa shape index (κ3) is 2.28. The van der Waals surface area contributed by atoms with E-state index in [9.17, 15) is 0 Å². The molecule has 0 unspecified atom stereocenters. The molecule has 3 heteroatoms. The summed E-state index contributed by atoms with van der Waals surface area (Å²) in [5.41, 5.74) is 2.19. The predicted molar refractivity (Wildman–Crippen MR) is 53.0 cm³/mol. The predicted octanol–water partition coefficient (Wildman–Crippen LogP) is 3.11. The normalized spacial score (nSPS) is 8.64. The molecule has 1 aromatic rings. The van der Waals surface area contributed by atoms with E-state index in [-0.39, 0.29) is 12.4 Å². The fraction of sp³-hybridized carbons (Fsp3) is 0.250. The standard InChI is InChI=1S/C8H10ClN.ClH/c1-6-4-3-5-7(9)8(6)10-2;/h3-5,10H,1-2H3;1H. The Bertz CT molecular complexity index is 215. The summed E-state index contributed by atoms with van der Waals surface area (Å²) in [7, 11) is 1.87. The first-order valence-electron chi connectivity index (χ1n) is 3.18. The third-order valence-corrected chi connectivity index (χ3v) is 1.79. The first kappa shape index (κ1) is 10.6. The number of para-hydroxylation sites is 1. The molecular formula is C8H11Cl2N. The minimum atomic E-state index is 0. The summed E-state index contributed by atoms with van der Waals surface area (Å²) in [6.45, 7) is 2.03. The lowest BCUT2D eigenvalue weighted by atomic mass is 10.2. The molecule has 0 saturated carbocycles. The van der Waals surface area contributed by atoms with Crippen LogP contribution in [0.2, 0.25) is 5.02 Å². The van der Waals surface area contributed by atoms with Crippen LogP contribution in [0.15, 0.2) is 18.2 Å². The molecule has 0 fully saturated rings. The smallest absolute Gasteiger partial charge is 0.0640 e. The van der Waals surface area contributed by atoms with Gasteiger partial charge in [0, 0.05) is 7.05 Å². The van der Waals surface area contributed by atoms with Crippen LogP contribution in [0.3, 0.4) is 0 Å². The molecular weight excluding hydrogens is 181 g/mol. The number of anilines is 1. The van der Waals surface area contributed by atoms with Crippen LogP contribution in [0.4, 0.5) is 5.69 Å². The maximum atomic E-state index is 5.87. The van der Waals surface area contributed by atoms with Crippen molar-refractivity contribution in [2.45, 2.75) is 6.92 Å². The summed E-state index contributed by atoms with van der Waals surface area (Å²) < 4.78 is 0. The van der Waals surface area contributed by atoms with Crippen LogP contribution in [0.25, 0.3) is 0 Å². The number of aryl methyl sites for hydroxylation is 1. The molecule has 0 heterocycles. The number of hydrogen-bond donors (Lipinski definition) is 1.